The lowest BCUT2D eigenvalue weighted by molar-refractivity contribution is -0.140. The summed E-state index contributed by atoms with van der Waals surface area (Å²) < 4.78 is 29.6. The van der Waals surface area contributed by atoms with Gasteiger partial charge in [0.25, 0.3) is 10.0 Å². The Morgan fingerprint density at radius 2 is 1.49 bits per heavy atom. The highest BCUT2D eigenvalue weighted by Crippen LogP contribution is 2.31. The molecule has 4 rings (SSSR count). The number of rotatable bonds is 13. The number of nitrogens with zero attached hydrogens (tertiary/aromatic N) is 2. The molecular formula is C36H38Cl3N3O4S. The van der Waals surface area contributed by atoms with Crippen molar-refractivity contribution < 1.29 is 18.0 Å². The molecule has 4 aromatic rings. The Bertz CT molecular complexity index is 1820. The number of benzene rings is 4. The predicted molar refractivity (Wildman–Crippen MR) is 191 cm³/mol. The van der Waals surface area contributed by atoms with Crippen molar-refractivity contribution in [2.45, 2.75) is 51.6 Å². The SMILES string of the molecule is Cc1ccc(S(=O)(=O)N(CC(=O)N(Cc2ccc(Cl)c(Cl)c2)C(Cc2ccccc2)C(=O)NCC(C)C)c2cc(Cl)ccc2C)cc1. The quantitative estimate of drug-likeness (QED) is 0.153. The Kier molecular flexibility index (Phi) is 12.4. The summed E-state index contributed by atoms with van der Waals surface area (Å²) >= 11 is 18.9. The normalized spacial score (nSPS) is 12.1. The number of nitrogens with one attached hydrogen (secondary N) is 1. The van der Waals surface area contributed by atoms with E-state index >= 15 is 0 Å². The highest BCUT2D eigenvalue weighted by atomic mass is 35.5. The molecule has 0 aromatic heterocycles. The number of hydrogen-bond acceptors (Lipinski definition) is 4. The number of aryl methyl sites for hydroxylation is 2. The van der Waals surface area contributed by atoms with Crippen LogP contribution in [0.1, 0.15) is 36.1 Å². The highest BCUT2D eigenvalue weighted by Gasteiger charge is 2.35. The van der Waals surface area contributed by atoms with Gasteiger partial charge in [-0.15, -0.1) is 0 Å². The first-order valence-corrected chi connectivity index (χ1v) is 17.7. The smallest absolute Gasteiger partial charge is 0.264 e. The van der Waals surface area contributed by atoms with E-state index < -0.39 is 28.5 Å². The monoisotopic (exact) mass is 713 g/mol. The van der Waals surface area contributed by atoms with Gasteiger partial charge in [0, 0.05) is 24.5 Å². The molecule has 11 heteroatoms. The van der Waals surface area contributed by atoms with Crippen LogP contribution in [0.3, 0.4) is 0 Å². The summed E-state index contributed by atoms with van der Waals surface area (Å²) in [5, 5.41) is 3.92. The van der Waals surface area contributed by atoms with Gasteiger partial charge in [0.2, 0.25) is 11.8 Å². The molecule has 4 aromatic carbocycles. The van der Waals surface area contributed by atoms with Gasteiger partial charge in [0.15, 0.2) is 0 Å². The molecule has 47 heavy (non-hydrogen) atoms. The van der Waals surface area contributed by atoms with E-state index in [0.29, 0.717) is 32.7 Å². The number of amides is 2. The van der Waals surface area contributed by atoms with Crippen molar-refractivity contribution in [2.24, 2.45) is 5.92 Å². The van der Waals surface area contributed by atoms with Crippen LogP contribution >= 0.6 is 34.8 Å². The standard InChI is InChI=1S/C36H38Cl3N3O4S/c1-24(2)21-40-36(44)34(19-27-8-6-5-7-9-27)41(22-28-13-17-31(38)32(39)18-28)35(43)23-42(33-20-29(37)14-12-26(33)4)47(45,46)30-15-10-25(3)11-16-30/h5-18,20,24,34H,19,21-23H2,1-4H3,(H,40,44). The largest absolute Gasteiger partial charge is 0.354 e. The molecule has 1 N–H and O–H groups in total. The van der Waals surface area contributed by atoms with Crippen LogP contribution in [0.25, 0.3) is 0 Å². The molecule has 0 spiro atoms. The van der Waals surface area contributed by atoms with Gasteiger partial charge in [-0.05, 0) is 72.9 Å². The molecule has 1 unspecified atom stereocenters. The van der Waals surface area contributed by atoms with Gasteiger partial charge < -0.3 is 10.2 Å². The van der Waals surface area contributed by atoms with E-state index in [4.69, 9.17) is 34.8 Å². The van der Waals surface area contributed by atoms with Crippen molar-refractivity contribution in [1.82, 2.24) is 10.2 Å². The fraction of sp³-hybridized carbons (Fsp3) is 0.278. The summed E-state index contributed by atoms with van der Waals surface area (Å²) in [5.74, 6) is -0.786. The fourth-order valence-corrected chi connectivity index (χ4v) is 6.97. The van der Waals surface area contributed by atoms with Crippen LogP contribution in [0.2, 0.25) is 15.1 Å². The number of carbonyl (C=O) groups excluding carboxylic acids is 2. The summed E-state index contributed by atoms with van der Waals surface area (Å²) in [4.78, 5) is 30.0. The lowest BCUT2D eigenvalue weighted by Crippen LogP contribution is -2.53. The molecule has 2 amide bonds. The second-order valence-electron chi connectivity index (χ2n) is 11.9. The van der Waals surface area contributed by atoms with Crippen molar-refractivity contribution in [1.29, 1.82) is 0 Å². The van der Waals surface area contributed by atoms with E-state index in [9.17, 15) is 18.0 Å². The molecule has 0 radical (unpaired) electrons. The fourth-order valence-electron chi connectivity index (χ4n) is 5.01. The molecule has 248 valence electrons. The van der Waals surface area contributed by atoms with Gasteiger partial charge in [-0.3, -0.25) is 13.9 Å². The minimum absolute atomic E-state index is 0.0156. The van der Waals surface area contributed by atoms with E-state index in [1.807, 2.05) is 51.1 Å². The molecule has 0 bridgehead atoms. The number of anilines is 1. The van der Waals surface area contributed by atoms with Gasteiger partial charge in [0.1, 0.15) is 12.6 Å². The molecule has 0 aliphatic rings. The Labute approximate surface area is 292 Å². The predicted octanol–water partition coefficient (Wildman–Crippen LogP) is 7.87. The van der Waals surface area contributed by atoms with E-state index in [-0.39, 0.29) is 35.4 Å². The first-order valence-electron chi connectivity index (χ1n) is 15.2. The zero-order chi connectivity index (χ0) is 34.3. The Morgan fingerprint density at radius 1 is 0.809 bits per heavy atom. The average Bonchev–Trinajstić information content (AvgIpc) is 3.03. The van der Waals surface area contributed by atoms with Gasteiger partial charge in [-0.25, -0.2) is 8.42 Å². The van der Waals surface area contributed by atoms with Crippen LogP contribution in [0, 0.1) is 19.8 Å². The number of hydrogen-bond donors (Lipinski definition) is 1. The van der Waals surface area contributed by atoms with E-state index in [1.54, 1.807) is 49.4 Å². The minimum atomic E-state index is -4.26. The summed E-state index contributed by atoms with van der Waals surface area (Å²) in [7, 11) is -4.26. The maximum absolute atomic E-state index is 14.6. The van der Waals surface area contributed by atoms with Crippen molar-refractivity contribution in [3.8, 4) is 0 Å². The summed E-state index contributed by atoms with van der Waals surface area (Å²) in [6, 6.07) is 24.7. The molecule has 0 saturated carbocycles. The molecule has 0 fully saturated rings. The van der Waals surface area contributed by atoms with Crippen LogP contribution in [0.15, 0.2) is 95.9 Å². The van der Waals surface area contributed by atoms with Crippen LogP contribution in [0.4, 0.5) is 5.69 Å². The molecule has 0 aliphatic carbocycles. The minimum Gasteiger partial charge on any atom is -0.354 e. The van der Waals surface area contributed by atoms with Crippen LogP contribution in [-0.4, -0.2) is 44.3 Å². The van der Waals surface area contributed by atoms with Gasteiger partial charge in [-0.2, -0.15) is 0 Å². The van der Waals surface area contributed by atoms with Crippen LogP contribution in [-0.2, 0) is 32.6 Å². The number of halogens is 3. The first-order chi connectivity index (χ1) is 22.3. The van der Waals surface area contributed by atoms with Crippen LogP contribution < -0.4 is 9.62 Å². The second-order valence-corrected chi connectivity index (χ2v) is 15.0. The van der Waals surface area contributed by atoms with Gasteiger partial charge >= 0.3 is 0 Å². The van der Waals surface area contributed by atoms with Gasteiger partial charge in [-0.1, -0.05) is 109 Å². The maximum atomic E-state index is 14.6. The highest BCUT2D eigenvalue weighted by molar-refractivity contribution is 7.92. The Morgan fingerprint density at radius 3 is 2.13 bits per heavy atom. The second kappa shape index (κ2) is 16.0. The lowest BCUT2D eigenvalue weighted by atomic mass is 10.0. The molecular weight excluding hydrogens is 677 g/mol. The third kappa shape index (κ3) is 9.51. The number of carbonyl (C=O) groups is 2. The summed E-state index contributed by atoms with van der Waals surface area (Å²) in [6.07, 6.45) is 0.193. The van der Waals surface area contributed by atoms with E-state index in [2.05, 4.69) is 5.32 Å². The van der Waals surface area contributed by atoms with E-state index in [1.165, 1.54) is 23.1 Å². The zero-order valence-corrected chi connectivity index (χ0v) is 29.8. The van der Waals surface area contributed by atoms with Crippen molar-refractivity contribution in [2.75, 3.05) is 17.4 Å². The first kappa shape index (κ1) is 36.3. The third-order valence-electron chi connectivity index (χ3n) is 7.62. The van der Waals surface area contributed by atoms with Crippen LogP contribution in [0.5, 0.6) is 0 Å². The Hall–Kier alpha value is -3.56. The van der Waals surface area contributed by atoms with Crippen molar-refractivity contribution in [3.05, 3.63) is 128 Å². The van der Waals surface area contributed by atoms with Crippen molar-refractivity contribution >= 4 is 62.3 Å². The molecule has 1 atom stereocenters. The van der Waals surface area contributed by atoms with Crippen molar-refractivity contribution in [3.63, 3.8) is 0 Å². The lowest BCUT2D eigenvalue weighted by Gasteiger charge is -2.34. The van der Waals surface area contributed by atoms with E-state index in [0.717, 1.165) is 15.4 Å². The zero-order valence-electron chi connectivity index (χ0n) is 26.7. The number of sulfonamides is 1. The summed E-state index contributed by atoms with van der Waals surface area (Å²) in [5.41, 5.74) is 3.19. The van der Waals surface area contributed by atoms with Gasteiger partial charge in [0.05, 0.1) is 20.6 Å². The maximum Gasteiger partial charge on any atom is 0.264 e. The molecule has 0 aliphatic heterocycles. The average molecular weight is 715 g/mol. The topological polar surface area (TPSA) is 86.8 Å². The summed E-state index contributed by atoms with van der Waals surface area (Å²) in [6.45, 7) is 7.33. The molecule has 0 heterocycles. The molecule has 0 saturated heterocycles. The Balaban J connectivity index is 1.84. The third-order valence-corrected chi connectivity index (χ3v) is 10.4. The molecule has 7 nitrogen and oxygen atoms in total.